The van der Waals surface area contributed by atoms with Crippen molar-refractivity contribution in [3.63, 3.8) is 0 Å². The van der Waals surface area contributed by atoms with E-state index in [9.17, 15) is 24.6 Å². The first kappa shape index (κ1) is 32.7. The average Bonchev–Trinajstić information content (AvgIpc) is 3.03. The van der Waals surface area contributed by atoms with Crippen LogP contribution in [-0.2, 0) is 35.1 Å². The standard InChI is InChI=1S/C27H36N3O9PS/c1-17(2)12-14-27(35)23(32)21(38-25(27)30-15-13-22(31)28-26(30)34)16-36-40(41,29-19(5)24(33)37-18(3)4)39-20-10-8-6-7-9-11-20/h6-10,13,15,17-19,21,23,25,32,35H,11,16H2,1-5H3,(H,29,41)(H,28,31,34)/t19-,21+,23+,25+,27+,40?/m0/s1. The lowest BCUT2D eigenvalue weighted by atomic mass is 9.94. The van der Waals surface area contributed by atoms with Gasteiger partial charge in [-0.15, -0.1) is 0 Å². The number of hydrogen-bond acceptors (Lipinski definition) is 10. The number of carbonyl (C=O) groups excluding carboxylic acids is 1. The number of nitrogens with zero attached hydrogens (tertiary/aromatic N) is 1. The number of aliphatic hydroxyl groups is 2. The molecule has 41 heavy (non-hydrogen) atoms. The Hall–Kier alpha value is -2.82. The zero-order chi connectivity index (χ0) is 30.4. The zero-order valence-corrected chi connectivity index (χ0v) is 25.2. The van der Waals surface area contributed by atoms with Crippen molar-refractivity contribution in [3.05, 3.63) is 69.2 Å². The maximum Gasteiger partial charge on any atom is 0.330 e. The first-order valence-corrected chi connectivity index (χ1v) is 15.7. The quantitative estimate of drug-likeness (QED) is 0.174. The minimum Gasteiger partial charge on any atom is -0.462 e. The highest BCUT2D eigenvalue weighted by molar-refractivity contribution is 8.09. The molecule has 3 rings (SSSR count). The Morgan fingerprint density at radius 1 is 1.29 bits per heavy atom. The molecule has 1 saturated heterocycles. The molecule has 1 aliphatic carbocycles. The van der Waals surface area contributed by atoms with Gasteiger partial charge in [-0.1, -0.05) is 50.0 Å². The van der Waals surface area contributed by atoms with Gasteiger partial charge in [-0.05, 0) is 38.7 Å². The van der Waals surface area contributed by atoms with Crippen LogP contribution in [0.4, 0.5) is 0 Å². The largest absolute Gasteiger partial charge is 0.462 e. The molecule has 2 heterocycles. The lowest BCUT2D eigenvalue weighted by molar-refractivity contribution is -0.149. The van der Waals surface area contributed by atoms with Crippen LogP contribution >= 0.6 is 6.64 Å². The normalized spacial score (nSPS) is 26.1. The molecule has 1 aromatic heterocycles. The highest BCUT2D eigenvalue weighted by Crippen LogP contribution is 2.49. The van der Waals surface area contributed by atoms with Gasteiger partial charge in [0.1, 0.15) is 24.0 Å². The van der Waals surface area contributed by atoms with Crippen molar-refractivity contribution < 1.29 is 33.5 Å². The van der Waals surface area contributed by atoms with Crippen LogP contribution in [-0.4, -0.2) is 62.3 Å². The minimum atomic E-state index is -3.50. The third-order valence-corrected chi connectivity index (χ3v) is 8.33. The molecule has 0 radical (unpaired) electrons. The molecular weight excluding hydrogens is 573 g/mol. The van der Waals surface area contributed by atoms with Gasteiger partial charge in [0.2, 0.25) is 0 Å². The maximum atomic E-state index is 12.5. The van der Waals surface area contributed by atoms with Crippen molar-refractivity contribution in [1.29, 1.82) is 0 Å². The molecule has 1 aromatic rings. The van der Waals surface area contributed by atoms with Gasteiger partial charge < -0.3 is 28.7 Å². The monoisotopic (exact) mass is 609 g/mol. The predicted molar refractivity (Wildman–Crippen MR) is 155 cm³/mol. The third kappa shape index (κ3) is 8.59. The predicted octanol–water partition coefficient (Wildman–Crippen LogP) is 1.77. The fourth-order valence-corrected chi connectivity index (χ4v) is 6.35. The van der Waals surface area contributed by atoms with E-state index in [-0.39, 0.29) is 12.0 Å². The number of rotatable bonds is 10. The van der Waals surface area contributed by atoms with Crippen LogP contribution in [0, 0.1) is 17.8 Å². The molecule has 0 bridgehead atoms. The smallest absolute Gasteiger partial charge is 0.330 e. The van der Waals surface area contributed by atoms with E-state index in [2.05, 4.69) is 21.9 Å². The van der Waals surface area contributed by atoms with Crippen molar-refractivity contribution in [1.82, 2.24) is 14.6 Å². The molecule has 1 unspecified atom stereocenters. The highest BCUT2D eigenvalue weighted by Gasteiger charge is 2.56. The first-order valence-electron chi connectivity index (χ1n) is 13.1. The van der Waals surface area contributed by atoms with E-state index in [1.54, 1.807) is 46.8 Å². The third-order valence-electron chi connectivity index (χ3n) is 5.81. The van der Waals surface area contributed by atoms with Crippen LogP contribution in [0.2, 0.25) is 0 Å². The van der Waals surface area contributed by atoms with Gasteiger partial charge in [-0.3, -0.25) is 19.1 Å². The van der Waals surface area contributed by atoms with Crippen LogP contribution in [0.3, 0.4) is 0 Å². The van der Waals surface area contributed by atoms with Crippen LogP contribution < -0.4 is 16.3 Å². The van der Waals surface area contributed by atoms with E-state index in [0.29, 0.717) is 12.2 Å². The van der Waals surface area contributed by atoms with E-state index in [0.717, 1.165) is 16.8 Å². The molecule has 12 nitrogen and oxygen atoms in total. The Bertz CT molecular complexity index is 1420. The van der Waals surface area contributed by atoms with E-state index >= 15 is 0 Å². The minimum absolute atomic E-state index is 0.179. The summed E-state index contributed by atoms with van der Waals surface area (Å²) in [6.45, 7) is 4.66. The van der Waals surface area contributed by atoms with Crippen LogP contribution in [0.25, 0.3) is 0 Å². The molecule has 4 N–H and O–H groups in total. The molecule has 0 saturated carbocycles. The van der Waals surface area contributed by atoms with Gasteiger partial charge in [-0.25, -0.2) is 9.88 Å². The number of aliphatic hydroxyl groups excluding tert-OH is 1. The topological polar surface area (TPSA) is 161 Å². The second kappa shape index (κ2) is 13.9. The molecule has 0 spiro atoms. The number of hydrogen-bond donors (Lipinski definition) is 4. The zero-order valence-electron chi connectivity index (χ0n) is 23.5. The molecule has 0 amide bonds. The second-order valence-corrected chi connectivity index (χ2v) is 13.2. The summed E-state index contributed by atoms with van der Waals surface area (Å²) in [6.07, 6.45) is 5.79. The van der Waals surface area contributed by atoms with Gasteiger partial charge >= 0.3 is 18.3 Å². The van der Waals surface area contributed by atoms with Gasteiger partial charge in [-0.2, -0.15) is 0 Å². The average molecular weight is 610 g/mol. The van der Waals surface area contributed by atoms with Gasteiger partial charge in [0.25, 0.3) is 5.56 Å². The number of carbonyl (C=O) groups is 1. The number of aromatic nitrogens is 2. The van der Waals surface area contributed by atoms with Crippen molar-refractivity contribution in [3.8, 4) is 11.8 Å². The fraction of sp³-hybridized carbons (Fsp3) is 0.519. The summed E-state index contributed by atoms with van der Waals surface area (Å²) >= 11 is 5.75. The van der Waals surface area contributed by atoms with E-state index in [1.807, 2.05) is 18.2 Å². The van der Waals surface area contributed by atoms with E-state index in [4.69, 9.17) is 30.3 Å². The van der Waals surface area contributed by atoms with Gasteiger partial charge in [0.15, 0.2) is 11.8 Å². The van der Waals surface area contributed by atoms with Crippen LogP contribution in [0.15, 0.2) is 58.0 Å². The Balaban J connectivity index is 1.90. The van der Waals surface area contributed by atoms with Gasteiger partial charge in [0.05, 0.1) is 12.7 Å². The number of H-pyrrole nitrogens is 1. The fourth-order valence-electron chi connectivity index (χ4n) is 3.85. The Labute approximate surface area is 243 Å². The highest BCUT2D eigenvalue weighted by atomic mass is 32.5. The summed E-state index contributed by atoms with van der Waals surface area (Å²) in [4.78, 5) is 38.8. The summed E-state index contributed by atoms with van der Waals surface area (Å²) in [5, 5.41) is 25.6. The lowest BCUT2D eigenvalue weighted by Gasteiger charge is -2.29. The molecule has 6 atom stereocenters. The number of esters is 1. The van der Waals surface area contributed by atoms with Crippen molar-refractivity contribution in [2.45, 2.75) is 77.2 Å². The van der Waals surface area contributed by atoms with Gasteiger partial charge in [0, 0.05) is 24.6 Å². The molecule has 1 fully saturated rings. The SMILES string of the molecule is CC(C)C#C[C@@]1(O)[C@H](O)[C@@H](COP(=S)(N[C@@H](C)C(=O)OC(C)C)OC2=CC=CC=CC2)O[C@H]1n1ccc(=O)[nH]c1=O. The number of aromatic amines is 1. The summed E-state index contributed by atoms with van der Waals surface area (Å²) in [5.74, 6) is 5.17. The summed E-state index contributed by atoms with van der Waals surface area (Å²) in [7, 11) is 0. The maximum absolute atomic E-state index is 12.5. The van der Waals surface area contributed by atoms with Crippen molar-refractivity contribution in [2.75, 3.05) is 6.61 Å². The summed E-state index contributed by atoms with van der Waals surface area (Å²) in [6, 6.07) is 0.173. The lowest BCUT2D eigenvalue weighted by Crippen LogP contribution is -2.48. The number of allylic oxidation sites excluding steroid dienone is 5. The van der Waals surface area contributed by atoms with Crippen molar-refractivity contribution >= 4 is 24.4 Å². The molecular formula is C27H36N3O9PS. The summed E-state index contributed by atoms with van der Waals surface area (Å²) < 4.78 is 24.2. The van der Waals surface area contributed by atoms with Crippen molar-refractivity contribution in [2.24, 2.45) is 5.92 Å². The van der Waals surface area contributed by atoms with Crippen LogP contribution in [0.1, 0.15) is 47.3 Å². The Morgan fingerprint density at radius 3 is 2.68 bits per heavy atom. The number of nitrogens with one attached hydrogen (secondary N) is 2. The Kier molecular flexibility index (Phi) is 11.1. The molecule has 14 heteroatoms. The Morgan fingerprint density at radius 2 is 2.02 bits per heavy atom. The molecule has 2 aliphatic rings. The van der Waals surface area contributed by atoms with Crippen LogP contribution in [0.5, 0.6) is 0 Å². The molecule has 1 aliphatic heterocycles. The summed E-state index contributed by atoms with van der Waals surface area (Å²) in [5.41, 5.74) is -3.76. The first-order chi connectivity index (χ1) is 19.2. The second-order valence-electron chi connectivity index (χ2n) is 10.1. The number of ether oxygens (including phenoxy) is 2. The van der Waals surface area contributed by atoms with E-state index < -0.39 is 60.5 Å². The molecule has 224 valence electrons. The molecule has 0 aromatic carbocycles. The van der Waals surface area contributed by atoms with E-state index in [1.165, 1.54) is 0 Å².